The summed E-state index contributed by atoms with van der Waals surface area (Å²) in [5.41, 5.74) is 0. The molecule has 6 nitrogen and oxygen atoms in total. The highest BCUT2D eigenvalue weighted by Gasteiger charge is 2.50. The van der Waals surface area contributed by atoms with Crippen LogP contribution in [0.15, 0.2) is 60.7 Å². The normalized spacial score (nSPS) is 13.6. The molecule has 0 fully saturated rings. The molecule has 31 heavy (non-hydrogen) atoms. The minimum atomic E-state index is -3.64. The highest BCUT2D eigenvalue weighted by molar-refractivity contribution is 7.85. The second-order valence-corrected chi connectivity index (χ2v) is 14.6. The summed E-state index contributed by atoms with van der Waals surface area (Å²) in [6.07, 6.45) is 0.995. The quantitative estimate of drug-likeness (QED) is 0.306. The Morgan fingerprint density at radius 1 is 0.935 bits per heavy atom. The number of carbonyl (C=O) groups excluding carboxylic acids is 1. The van der Waals surface area contributed by atoms with Crippen LogP contribution in [0.2, 0.25) is 5.04 Å². The minimum Gasteiger partial charge on any atom is -0.469 e. The van der Waals surface area contributed by atoms with Crippen molar-refractivity contribution in [2.75, 3.05) is 26.6 Å². The van der Waals surface area contributed by atoms with Gasteiger partial charge >= 0.3 is 5.97 Å². The predicted octanol–water partition coefficient (Wildman–Crippen LogP) is 2.72. The average molecular weight is 465 g/mol. The molecule has 2 aromatic carbocycles. The van der Waals surface area contributed by atoms with E-state index in [0.717, 1.165) is 16.6 Å². The topological polar surface area (TPSA) is 78.9 Å². The van der Waals surface area contributed by atoms with Crippen LogP contribution in [0.3, 0.4) is 0 Å². The molecule has 0 N–H and O–H groups in total. The molecule has 0 aromatic heterocycles. The zero-order valence-corrected chi connectivity index (χ0v) is 20.6. The molecule has 0 aliphatic rings. The van der Waals surface area contributed by atoms with Crippen molar-refractivity contribution < 1.29 is 26.6 Å². The number of esters is 1. The van der Waals surface area contributed by atoms with Crippen molar-refractivity contribution in [1.82, 2.24) is 0 Å². The van der Waals surface area contributed by atoms with Gasteiger partial charge in [-0.15, -0.1) is 0 Å². The van der Waals surface area contributed by atoms with Crippen molar-refractivity contribution in [3.8, 4) is 0 Å². The first-order valence-corrected chi connectivity index (χ1v) is 13.9. The lowest BCUT2D eigenvalue weighted by molar-refractivity contribution is -0.142. The van der Waals surface area contributed by atoms with E-state index in [4.69, 9.17) is 13.3 Å². The van der Waals surface area contributed by atoms with Crippen LogP contribution < -0.4 is 10.4 Å². The Balaban J connectivity index is 2.47. The maximum atomic E-state index is 11.9. The van der Waals surface area contributed by atoms with E-state index in [1.807, 2.05) is 36.4 Å². The van der Waals surface area contributed by atoms with Crippen molar-refractivity contribution in [2.24, 2.45) is 5.92 Å². The smallest absolute Gasteiger partial charge is 0.305 e. The number of hydrogen-bond acceptors (Lipinski definition) is 6. The highest BCUT2D eigenvalue weighted by Crippen LogP contribution is 2.37. The van der Waals surface area contributed by atoms with Gasteiger partial charge in [-0.05, 0) is 15.4 Å². The van der Waals surface area contributed by atoms with Crippen molar-refractivity contribution in [3.63, 3.8) is 0 Å². The van der Waals surface area contributed by atoms with Crippen molar-refractivity contribution in [2.45, 2.75) is 32.2 Å². The van der Waals surface area contributed by atoms with Crippen LogP contribution in [-0.4, -0.2) is 49.3 Å². The molecule has 1 atom stereocenters. The first-order valence-electron chi connectivity index (χ1n) is 10.2. The second-order valence-electron chi connectivity index (χ2n) is 8.61. The molecular weight excluding hydrogens is 432 g/mol. The third-order valence-corrected chi connectivity index (χ3v) is 10.7. The van der Waals surface area contributed by atoms with Crippen LogP contribution in [0.1, 0.15) is 27.2 Å². The largest absolute Gasteiger partial charge is 0.469 e. The molecule has 8 heteroatoms. The van der Waals surface area contributed by atoms with Gasteiger partial charge in [0.25, 0.3) is 18.4 Å². The lowest BCUT2D eigenvalue weighted by atomic mass is 10.1. The van der Waals surface area contributed by atoms with Gasteiger partial charge in [-0.25, -0.2) is 0 Å². The van der Waals surface area contributed by atoms with E-state index in [-0.39, 0.29) is 24.7 Å². The molecule has 2 rings (SSSR count). The van der Waals surface area contributed by atoms with E-state index >= 15 is 0 Å². The number of benzene rings is 2. The van der Waals surface area contributed by atoms with Gasteiger partial charge in [0.15, 0.2) is 0 Å². The van der Waals surface area contributed by atoms with E-state index in [9.17, 15) is 13.2 Å². The summed E-state index contributed by atoms with van der Waals surface area (Å²) in [7, 11) is -5.14. The summed E-state index contributed by atoms with van der Waals surface area (Å²) < 4.78 is 39.6. The molecule has 0 spiro atoms. The van der Waals surface area contributed by atoms with Crippen molar-refractivity contribution >= 4 is 34.8 Å². The van der Waals surface area contributed by atoms with E-state index in [1.165, 1.54) is 7.11 Å². The molecule has 0 radical (unpaired) electrons. The van der Waals surface area contributed by atoms with E-state index < -0.39 is 30.3 Å². The predicted molar refractivity (Wildman–Crippen MR) is 124 cm³/mol. The lowest BCUT2D eigenvalue weighted by Crippen LogP contribution is -2.67. The molecule has 0 aliphatic carbocycles. The van der Waals surface area contributed by atoms with Crippen LogP contribution in [0.5, 0.6) is 0 Å². The van der Waals surface area contributed by atoms with Crippen molar-refractivity contribution in [1.29, 1.82) is 0 Å². The second kappa shape index (κ2) is 10.5. The third-order valence-electron chi connectivity index (χ3n) is 5.15. The Labute approximate surface area is 186 Å². The van der Waals surface area contributed by atoms with Gasteiger partial charge in [0.05, 0.1) is 26.4 Å². The summed E-state index contributed by atoms with van der Waals surface area (Å²) in [5.74, 6) is -0.906. The van der Waals surface area contributed by atoms with Gasteiger partial charge < -0.3 is 9.16 Å². The Bertz CT molecular complexity index is 900. The van der Waals surface area contributed by atoms with Crippen LogP contribution in [0, 0.1) is 5.92 Å². The summed E-state index contributed by atoms with van der Waals surface area (Å²) in [4.78, 5) is 11.9. The maximum Gasteiger partial charge on any atom is 0.305 e. The van der Waals surface area contributed by atoms with Gasteiger partial charge in [-0.3, -0.25) is 8.98 Å². The fraction of sp³-hybridized carbons (Fsp3) is 0.435. The molecular formula is C23H32O6SSi. The molecule has 1 unspecified atom stereocenters. The number of ether oxygens (including phenoxy) is 1. The lowest BCUT2D eigenvalue weighted by Gasteiger charge is -2.43. The highest BCUT2D eigenvalue weighted by atomic mass is 32.2. The molecule has 0 bridgehead atoms. The Morgan fingerprint density at radius 3 is 1.81 bits per heavy atom. The van der Waals surface area contributed by atoms with Crippen LogP contribution in [0.25, 0.3) is 0 Å². The fourth-order valence-electron chi connectivity index (χ4n) is 3.71. The van der Waals surface area contributed by atoms with Gasteiger partial charge in [-0.2, -0.15) is 8.42 Å². The maximum absolute atomic E-state index is 11.9. The van der Waals surface area contributed by atoms with Gasteiger partial charge in [-0.1, -0.05) is 81.4 Å². The van der Waals surface area contributed by atoms with Crippen molar-refractivity contribution in [3.05, 3.63) is 60.7 Å². The molecule has 0 saturated carbocycles. The summed E-state index contributed by atoms with van der Waals surface area (Å²) in [6, 6.07) is 20.2. The van der Waals surface area contributed by atoms with Gasteiger partial charge in [0.1, 0.15) is 0 Å². The monoisotopic (exact) mass is 464 g/mol. The van der Waals surface area contributed by atoms with E-state index in [0.29, 0.717) is 0 Å². The van der Waals surface area contributed by atoms with Crippen LogP contribution in [-0.2, 0) is 28.3 Å². The SMILES string of the molecule is COC(=O)CC(CO[Si](c1ccccc1)(c1ccccc1)C(C)(C)C)COS(C)(=O)=O. The van der Waals surface area contributed by atoms with E-state index in [2.05, 4.69) is 45.0 Å². The summed E-state index contributed by atoms with van der Waals surface area (Å²) >= 11 is 0. The first kappa shape index (κ1) is 25.3. The number of rotatable bonds is 10. The summed E-state index contributed by atoms with van der Waals surface area (Å²) in [5, 5.41) is 1.98. The van der Waals surface area contributed by atoms with E-state index in [1.54, 1.807) is 0 Å². The van der Waals surface area contributed by atoms with Gasteiger partial charge in [0.2, 0.25) is 0 Å². The molecule has 0 saturated heterocycles. The molecule has 0 amide bonds. The number of hydrogen-bond donors (Lipinski definition) is 0. The zero-order valence-electron chi connectivity index (χ0n) is 18.8. The number of methoxy groups -OCH3 is 1. The molecule has 2 aromatic rings. The number of carbonyl (C=O) groups is 1. The summed E-state index contributed by atoms with van der Waals surface area (Å²) in [6.45, 7) is 6.48. The van der Waals surface area contributed by atoms with Gasteiger partial charge in [0, 0.05) is 12.5 Å². The Morgan fingerprint density at radius 2 is 1.42 bits per heavy atom. The third kappa shape index (κ3) is 6.74. The minimum absolute atomic E-state index is 0.00419. The Hall–Kier alpha value is -2.00. The fourth-order valence-corrected chi connectivity index (χ4v) is 8.79. The van der Waals surface area contributed by atoms with Crippen LogP contribution in [0.4, 0.5) is 0 Å². The van der Waals surface area contributed by atoms with Crippen LogP contribution >= 0.6 is 0 Å². The Kier molecular flexibility index (Phi) is 8.59. The zero-order chi connectivity index (χ0) is 23.1. The molecule has 0 aliphatic heterocycles. The molecule has 0 heterocycles. The first-order chi connectivity index (χ1) is 14.5. The average Bonchev–Trinajstić information content (AvgIpc) is 2.72. The standard InChI is InChI=1S/C23H32O6SSi/c1-23(2,3)31(20-12-8-6-9-13-20,21-14-10-7-11-15-21)29-18-19(16-22(24)27-4)17-28-30(5,25)26/h6-15,19H,16-18H2,1-5H3. The molecule has 170 valence electrons.